The van der Waals surface area contributed by atoms with Crippen LogP contribution in [-0.4, -0.2) is 30.7 Å². The third-order valence-corrected chi connectivity index (χ3v) is 11.4. The third-order valence-electron chi connectivity index (χ3n) is 6.15. The number of benzene rings is 2. The fraction of sp³-hybridized carbons (Fsp3) is 0.241. The standard InChI is InChI=1S/C29H30N3O2PSSi/c1-29(2,3)37-17-15-34-21-32-26(18-25-27(22-14-16-36-19-22)30-20-31-28(25)32)35(33,23-10-6-4-7-11-23)24-12-8-5-9-13-24/h4-14,16,18-20H,15,17,21H2,1-3H3. The molecule has 0 amide bonds. The van der Waals surface area contributed by atoms with Crippen LogP contribution in [0, 0.1) is 0 Å². The average molecular weight is 544 g/mol. The fourth-order valence-corrected chi connectivity index (χ4v) is 8.86. The molecule has 188 valence electrons. The van der Waals surface area contributed by atoms with Crippen molar-refractivity contribution in [3.63, 3.8) is 0 Å². The lowest BCUT2D eigenvalue weighted by molar-refractivity contribution is 0.0921. The van der Waals surface area contributed by atoms with Gasteiger partial charge < -0.3 is 9.30 Å². The van der Waals surface area contributed by atoms with Gasteiger partial charge in [0, 0.05) is 43.1 Å². The largest absolute Gasteiger partial charge is 0.361 e. The quantitative estimate of drug-likeness (QED) is 0.128. The van der Waals surface area contributed by atoms with E-state index in [0.29, 0.717) is 12.0 Å². The zero-order valence-electron chi connectivity index (χ0n) is 21.3. The molecule has 2 aromatic carbocycles. The highest BCUT2D eigenvalue weighted by molar-refractivity contribution is 7.85. The van der Waals surface area contributed by atoms with Crippen molar-refractivity contribution in [2.45, 2.75) is 38.6 Å². The summed E-state index contributed by atoms with van der Waals surface area (Å²) in [6.07, 6.45) is 1.59. The molecular formula is C29H30N3O2PSSi. The van der Waals surface area contributed by atoms with Crippen LogP contribution in [0.3, 0.4) is 0 Å². The van der Waals surface area contributed by atoms with Gasteiger partial charge in [-0.25, -0.2) is 9.97 Å². The Labute approximate surface area is 224 Å². The summed E-state index contributed by atoms with van der Waals surface area (Å²) < 4.78 is 23.5. The molecule has 0 N–H and O–H groups in total. The van der Waals surface area contributed by atoms with Crippen molar-refractivity contribution in [2.75, 3.05) is 6.61 Å². The summed E-state index contributed by atoms with van der Waals surface area (Å²) in [4.78, 5) is 9.29. The summed E-state index contributed by atoms with van der Waals surface area (Å²) in [7, 11) is -2.44. The number of hydrogen-bond acceptors (Lipinski definition) is 5. The highest BCUT2D eigenvalue weighted by atomic mass is 32.1. The first-order chi connectivity index (χ1) is 17.9. The van der Waals surface area contributed by atoms with E-state index < -0.39 is 7.14 Å². The van der Waals surface area contributed by atoms with Gasteiger partial charge in [0.2, 0.25) is 0 Å². The van der Waals surface area contributed by atoms with Crippen molar-refractivity contribution >= 4 is 55.1 Å². The minimum Gasteiger partial charge on any atom is -0.361 e. The molecule has 0 atom stereocenters. The van der Waals surface area contributed by atoms with Crippen molar-refractivity contribution in [3.8, 4) is 11.3 Å². The van der Waals surface area contributed by atoms with E-state index in [2.05, 4.69) is 42.2 Å². The maximum atomic E-state index is 15.3. The number of hydrogen-bond donors (Lipinski definition) is 0. The van der Waals surface area contributed by atoms with Crippen LogP contribution < -0.4 is 16.0 Å². The Morgan fingerprint density at radius 1 is 0.973 bits per heavy atom. The summed E-state index contributed by atoms with van der Waals surface area (Å²) in [5, 5.41) is 6.85. The van der Waals surface area contributed by atoms with Crippen molar-refractivity contribution in [1.29, 1.82) is 0 Å². The van der Waals surface area contributed by atoms with Crippen LogP contribution in [-0.2, 0) is 16.0 Å². The Bertz CT molecular complexity index is 1470. The van der Waals surface area contributed by atoms with Crippen LogP contribution in [0.15, 0.2) is 89.9 Å². The third kappa shape index (κ3) is 5.41. The van der Waals surface area contributed by atoms with Gasteiger partial charge in [-0.05, 0) is 28.6 Å². The summed E-state index contributed by atoms with van der Waals surface area (Å²) in [5.74, 6) is 0. The summed E-state index contributed by atoms with van der Waals surface area (Å²) >= 11 is 1.63. The van der Waals surface area contributed by atoms with Crippen LogP contribution >= 0.6 is 18.5 Å². The van der Waals surface area contributed by atoms with Crippen LogP contribution in [0.2, 0.25) is 11.1 Å². The van der Waals surface area contributed by atoms with Gasteiger partial charge in [-0.15, -0.1) is 0 Å². The second-order valence-corrected chi connectivity index (χ2v) is 15.7. The van der Waals surface area contributed by atoms with E-state index >= 15 is 4.57 Å². The van der Waals surface area contributed by atoms with E-state index in [4.69, 9.17) is 4.74 Å². The molecule has 37 heavy (non-hydrogen) atoms. The molecule has 0 bridgehead atoms. The molecular weight excluding hydrogens is 513 g/mol. The van der Waals surface area contributed by atoms with Crippen molar-refractivity contribution in [3.05, 3.63) is 89.9 Å². The van der Waals surface area contributed by atoms with Gasteiger partial charge in [0.05, 0.1) is 11.1 Å². The molecule has 0 fully saturated rings. The highest BCUT2D eigenvalue weighted by Crippen LogP contribution is 2.44. The maximum Gasteiger partial charge on any atom is 0.186 e. The maximum absolute atomic E-state index is 15.3. The number of nitrogens with zero attached hydrogens (tertiary/aromatic N) is 3. The molecule has 0 aliphatic rings. The first-order valence-electron chi connectivity index (χ1n) is 12.3. The number of ether oxygens (including phenoxy) is 1. The van der Waals surface area contributed by atoms with E-state index in [0.717, 1.165) is 48.5 Å². The summed E-state index contributed by atoms with van der Waals surface area (Å²) in [6.45, 7) is 7.67. The smallest absolute Gasteiger partial charge is 0.186 e. The number of aromatic nitrogens is 3. The Hall–Kier alpha value is -2.83. The molecule has 5 aromatic rings. The SMILES string of the molecule is CC(C)(C)[Si]CCOCn1c(P(=O)(c2ccccc2)c2ccccc2)cc2c(-c3ccsc3)ncnc21. The Morgan fingerprint density at radius 3 is 2.24 bits per heavy atom. The van der Waals surface area contributed by atoms with Crippen molar-refractivity contribution in [1.82, 2.24) is 14.5 Å². The Balaban J connectivity index is 1.67. The summed E-state index contributed by atoms with van der Waals surface area (Å²) in [6, 6.07) is 24.5. The molecule has 0 saturated heterocycles. The van der Waals surface area contributed by atoms with Crippen LogP contribution in [0.4, 0.5) is 0 Å². The van der Waals surface area contributed by atoms with Gasteiger partial charge in [-0.1, -0.05) is 81.4 Å². The molecule has 0 unspecified atom stereocenters. The molecule has 5 rings (SSSR count). The van der Waals surface area contributed by atoms with E-state index in [-0.39, 0.29) is 11.8 Å². The molecule has 5 nitrogen and oxygen atoms in total. The van der Waals surface area contributed by atoms with Gasteiger partial charge in [0.15, 0.2) is 7.14 Å². The fourth-order valence-electron chi connectivity index (χ4n) is 4.41. The second-order valence-electron chi connectivity index (χ2n) is 9.90. The lowest BCUT2D eigenvalue weighted by Crippen LogP contribution is -2.30. The minimum absolute atomic E-state index is 0.275. The van der Waals surface area contributed by atoms with Crippen LogP contribution in [0.1, 0.15) is 20.8 Å². The second kappa shape index (κ2) is 10.9. The lowest BCUT2D eigenvalue weighted by atomic mass is 10.2. The van der Waals surface area contributed by atoms with E-state index in [1.807, 2.05) is 76.7 Å². The molecule has 3 aromatic heterocycles. The summed E-state index contributed by atoms with van der Waals surface area (Å²) in [5.41, 5.74) is 3.31. The van der Waals surface area contributed by atoms with E-state index in [9.17, 15) is 0 Å². The van der Waals surface area contributed by atoms with Crippen LogP contribution in [0.25, 0.3) is 22.3 Å². The molecule has 2 radical (unpaired) electrons. The molecule has 3 heterocycles. The zero-order chi connectivity index (χ0) is 25.9. The van der Waals surface area contributed by atoms with Gasteiger partial charge in [-0.3, -0.25) is 4.57 Å². The predicted octanol–water partition coefficient (Wildman–Crippen LogP) is 6.11. The molecule has 0 saturated carbocycles. The molecule has 0 spiro atoms. The molecule has 0 aliphatic carbocycles. The topological polar surface area (TPSA) is 57.0 Å². The Morgan fingerprint density at radius 2 is 1.65 bits per heavy atom. The molecule has 0 aliphatic heterocycles. The first kappa shape index (κ1) is 25.8. The van der Waals surface area contributed by atoms with Gasteiger partial charge >= 0.3 is 0 Å². The normalized spacial score (nSPS) is 12.3. The number of fused-ring (bicyclic) bond motifs is 1. The van der Waals surface area contributed by atoms with Gasteiger partial charge in [-0.2, -0.15) is 11.3 Å². The first-order valence-corrected chi connectivity index (χ1v) is 16.1. The number of thiophene rings is 1. The van der Waals surface area contributed by atoms with E-state index in [1.165, 1.54) is 0 Å². The predicted molar refractivity (Wildman–Crippen MR) is 156 cm³/mol. The minimum atomic E-state index is -3.25. The van der Waals surface area contributed by atoms with Crippen molar-refractivity contribution < 1.29 is 9.30 Å². The average Bonchev–Trinajstić information content (AvgIpc) is 3.57. The van der Waals surface area contributed by atoms with Crippen molar-refractivity contribution in [2.24, 2.45) is 0 Å². The monoisotopic (exact) mass is 543 g/mol. The Kier molecular flexibility index (Phi) is 7.59. The highest BCUT2D eigenvalue weighted by Gasteiger charge is 2.34. The van der Waals surface area contributed by atoms with Gasteiger partial charge in [0.1, 0.15) is 18.7 Å². The van der Waals surface area contributed by atoms with E-state index in [1.54, 1.807) is 17.7 Å². The number of rotatable bonds is 9. The molecule has 8 heteroatoms. The van der Waals surface area contributed by atoms with Crippen LogP contribution in [0.5, 0.6) is 0 Å². The zero-order valence-corrected chi connectivity index (χ0v) is 24.0. The lowest BCUT2D eigenvalue weighted by Gasteiger charge is -2.22. The van der Waals surface area contributed by atoms with Gasteiger partial charge in [0.25, 0.3) is 0 Å².